The van der Waals surface area contributed by atoms with Gasteiger partial charge in [-0.15, -0.1) is 0 Å². The van der Waals surface area contributed by atoms with Gasteiger partial charge >= 0.3 is 6.18 Å². The summed E-state index contributed by atoms with van der Waals surface area (Å²) in [6, 6.07) is 27.8. The molecule has 0 spiro atoms. The molecular formula is C27H23F3N2O2S. The SMILES string of the molecule is O=S(=O)(CC(F)(F)F)N(Cc1cccnc1)c1ccc(Cc2ccccc2-c2ccccc2)cc1. The molecule has 0 fully saturated rings. The fraction of sp³-hybridized carbons (Fsp3) is 0.148. The zero-order valence-corrected chi connectivity index (χ0v) is 19.5. The van der Waals surface area contributed by atoms with E-state index in [0.717, 1.165) is 26.6 Å². The van der Waals surface area contributed by atoms with Crippen LogP contribution in [0, 0.1) is 0 Å². The number of hydrogen-bond acceptors (Lipinski definition) is 3. The van der Waals surface area contributed by atoms with E-state index in [1.807, 2.05) is 54.6 Å². The number of sulfonamides is 1. The molecule has 4 rings (SSSR count). The number of anilines is 1. The number of alkyl halides is 3. The second-order valence-corrected chi connectivity index (χ2v) is 10.00. The number of pyridine rings is 1. The third-order valence-corrected chi connectivity index (χ3v) is 7.16. The van der Waals surface area contributed by atoms with Crippen molar-refractivity contribution in [2.45, 2.75) is 19.1 Å². The minimum atomic E-state index is -4.85. The van der Waals surface area contributed by atoms with Gasteiger partial charge in [0.15, 0.2) is 5.75 Å². The molecular weight excluding hydrogens is 473 g/mol. The Bertz CT molecular complexity index is 1360. The maximum atomic E-state index is 13.0. The maximum absolute atomic E-state index is 13.0. The molecule has 0 aliphatic rings. The first-order valence-corrected chi connectivity index (χ1v) is 12.5. The van der Waals surface area contributed by atoms with Gasteiger partial charge in [0, 0.05) is 12.4 Å². The molecule has 8 heteroatoms. The van der Waals surface area contributed by atoms with E-state index in [1.165, 1.54) is 12.4 Å². The highest BCUT2D eigenvalue weighted by atomic mass is 32.2. The van der Waals surface area contributed by atoms with Crippen molar-refractivity contribution in [2.24, 2.45) is 0 Å². The Morgan fingerprint density at radius 3 is 2.11 bits per heavy atom. The van der Waals surface area contributed by atoms with Crippen LogP contribution in [0.3, 0.4) is 0 Å². The van der Waals surface area contributed by atoms with Gasteiger partial charge < -0.3 is 0 Å². The third-order valence-electron chi connectivity index (χ3n) is 5.45. The molecule has 0 unspecified atom stereocenters. The molecule has 35 heavy (non-hydrogen) atoms. The largest absolute Gasteiger partial charge is 0.404 e. The first-order valence-electron chi connectivity index (χ1n) is 10.9. The average molecular weight is 497 g/mol. The molecule has 4 nitrogen and oxygen atoms in total. The second-order valence-electron chi connectivity index (χ2n) is 8.11. The Morgan fingerprint density at radius 1 is 0.771 bits per heavy atom. The quantitative estimate of drug-likeness (QED) is 0.290. The summed E-state index contributed by atoms with van der Waals surface area (Å²) in [5.74, 6) is -1.94. The topological polar surface area (TPSA) is 50.3 Å². The third kappa shape index (κ3) is 6.48. The first kappa shape index (κ1) is 24.5. The van der Waals surface area contributed by atoms with Gasteiger partial charge in [-0.2, -0.15) is 13.2 Å². The highest BCUT2D eigenvalue weighted by molar-refractivity contribution is 7.92. The molecule has 0 saturated heterocycles. The van der Waals surface area contributed by atoms with Crippen molar-refractivity contribution in [1.29, 1.82) is 0 Å². The molecule has 0 aliphatic carbocycles. The van der Waals surface area contributed by atoms with Gasteiger partial charge in [0.1, 0.15) is 0 Å². The highest BCUT2D eigenvalue weighted by Gasteiger charge is 2.38. The van der Waals surface area contributed by atoms with Crippen molar-refractivity contribution < 1.29 is 21.6 Å². The Balaban J connectivity index is 1.62. The van der Waals surface area contributed by atoms with Crippen LogP contribution in [0.5, 0.6) is 0 Å². The fourth-order valence-electron chi connectivity index (χ4n) is 3.87. The standard InChI is InChI=1S/C27H23F3N2O2S/c28-27(29,30)20-35(33,34)32(19-22-7-6-16-31-18-22)25-14-12-21(13-15-25)17-24-10-4-5-11-26(24)23-8-2-1-3-9-23/h1-16,18H,17,19-20H2. The number of aromatic nitrogens is 1. The molecule has 0 aliphatic heterocycles. The van der Waals surface area contributed by atoms with Crippen LogP contribution in [-0.4, -0.2) is 25.3 Å². The van der Waals surface area contributed by atoms with Crippen molar-refractivity contribution in [3.05, 3.63) is 120 Å². The zero-order valence-electron chi connectivity index (χ0n) is 18.7. The van der Waals surface area contributed by atoms with Crippen LogP contribution < -0.4 is 4.31 Å². The summed E-state index contributed by atoms with van der Waals surface area (Å²) in [6.07, 6.45) is -1.32. The van der Waals surface area contributed by atoms with Crippen LogP contribution in [0.4, 0.5) is 18.9 Å². The summed E-state index contributed by atoms with van der Waals surface area (Å²) >= 11 is 0. The molecule has 0 saturated carbocycles. The highest BCUT2D eigenvalue weighted by Crippen LogP contribution is 2.29. The lowest BCUT2D eigenvalue weighted by molar-refractivity contribution is -0.106. The van der Waals surface area contributed by atoms with Crippen LogP contribution in [0.1, 0.15) is 16.7 Å². The van der Waals surface area contributed by atoms with Crippen LogP contribution in [0.2, 0.25) is 0 Å². The summed E-state index contributed by atoms with van der Waals surface area (Å²) in [5.41, 5.74) is 4.82. The number of halogens is 3. The van der Waals surface area contributed by atoms with Gasteiger partial charge in [-0.3, -0.25) is 9.29 Å². The van der Waals surface area contributed by atoms with E-state index in [1.54, 1.807) is 36.4 Å². The summed E-state index contributed by atoms with van der Waals surface area (Å²) < 4.78 is 65.3. The number of hydrogen-bond donors (Lipinski definition) is 0. The van der Waals surface area contributed by atoms with Gasteiger partial charge in [0.2, 0.25) is 10.0 Å². The molecule has 4 aromatic rings. The molecule has 0 radical (unpaired) electrons. The average Bonchev–Trinajstić information content (AvgIpc) is 2.83. The van der Waals surface area contributed by atoms with Crippen molar-refractivity contribution in [1.82, 2.24) is 4.98 Å². The van der Waals surface area contributed by atoms with Crippen LogP contribution in [-0.2, 0) is 23.0 Å². The lowest BCUT2D eigenvalue weighted by Crippen LogP contribution is -2.37. The number of rotatable bonds is 8. The van der Waals surface area contributed by atoms with E-state index < -0.39 is 22.0 Å². The Labute approximate surface area is 202 Å². The van der Waals surface area contributed by atoms with Crippen molar-refractivity contribution in [3.8, 4) is 11.1 Å². The van der Waals surface area contributed by atoms with Gasteiger partial charge in [-0.25, -0.2) is 8.42 Å². The minimum Gasteiger partial charge on any atom is -0.265 e. The maximum Gasteiger partial charge on any atom is 0.404 e. The summed E-state index contributed by atoms with van der Waals surface area (Å²) in [7, 11) is -4.67. The molecule has 0 bridgehead atoms. The summed E-state index contributed by atoms with van der Waals surface area (Å²) in [4.78, 5) is 3.94. The number of benzene rings is 3. The lowest BCUT2D eigenvalue weighted by atomic mass is 9.95. The van der Waals surface area contributed by atoms with E-state index in [9.17, 15) is 21.6 Å². The van der Waals surface area contributed by atoms with Gasteiger partial charge in [0.05, 0.1) is 12.2 Å². The Kier molecular flexibility index (Phi) is 7.21. The Hall–Kier alpha value is -3.65. The van der Waals surface area contributed by atoms with Gasteiger partial charge in [0.25, 0.3) is 0 Å². The predicted octanol–water partition coefficient (Wildman–Crippen LogP) is 6.24. The second kappa shape index (κ2) is 10.3. The smallest absolute Gasteiger partial charge is 0.265 e. The van der Waals surface area contributed by atoms with Gasteiger partial charge in [-0.1, -0.05) is 72.8 Å². The minimum absolute atomic E-state index is 0.165. The van der Waals surface area contributed by atoms with E-state index in [4.69, 9.17) is 0 Å². The predicted molar refractivity (Wildman–Crippen MR) is 131 cm³/mol. The van der Waals surface area contributed by atoms with Gasteiger partial charge in [-0.05, 0) is 52.4 Å². The van der Waals surface area contributed by atoms with E-state index in [0.29, 0.717) is 12.0 Å². The van der Waals surface area contributed by atoms with E-state index in [-0.39, 0.29) is 12.2 Å². The molecule has 1 heterocycles. The Morgan fingerprint density at radius 2 is 1.46 bits per heavy atom. The fourth-order valence-corrected chi connectivity index (χ4v) is 5.22. The molecule has 0 amide bonds. The van der Waals surface area contributed by atoms with Crippen LogP contribution in [0.25, 0.3) is 11.1 Å². The molecule has 3 aromatic carbocycles. The molecule has 0 N–H and O–H groups in total. The van der Waals surface area contributed by atoms with E-state index >= 15 is 0 Å². The normalized spacial score (nSPS) is 11.9. The number of nitrogens with zero attached hydrogens (tertiary/aromatic N) is 2. The summed E-state index contributed by atoms with van der Waals surface area (Å²) in [6.45, 7) is -0.248. The van der Waals surface area contributed by atoms with Crippen LogP contribution in [0.15, 0.2) is 103 Å². The summed E-state index contributed by atoms with van der Waals surface area (Å²) in [5, 5.41) is 0. The first-order chi connectivity index (χ1) is 16.7. The molecule has 180 valence electrons. The van der Waals surface area contributed by atoms with Crippen molar-refractivity contribution >= 4 is 15.7 Å². The zero-order chi connectivity index (χ0) is 24.9. The molecule has 1 aromatic heterocycles. The van der Waals surface area contributed by atoms with E-state index in [2.05, 4.69) is 4.98 Å². The monoisotopic (exact) mass is 496 g/mol. The van der Waals surface area contributed by atoms with Crippen molar-refractivity contribution in [3.63, 3.8) is 0 Å². The molecule has 0 atom stereocenters. The van der Waals surface area contributed by atoms with Crippen LogP contribution >= 0.6 is 0 Å². The lowest BCUT2D eigenvalue weighted by Gasteiger charge is -2.25. The van der Waals surface area contributed by atoms with Crippen molar-refractivity contribution in [2.75, 3.05) is 10.1 Å².